The van der Waals surface area contributed by atoms with Crippen LogP contribution in [-0.4, -0.2) is 72.6 Å². The molecule has 3 heterocycles. The number of benzene rings is 1. The molecule has 1 spiro atoms. The van der Waals surface area contributed by atoms with E-state index in [0.29, 0.717) is 56.9 Å². The van der Waals surface area contributed by atoms with Gasteiger partial charge in [0.25, 0.3) is 5.91 Å². The number of piperidine rings is 1. The molecule has 4 aliphatic rings. The van der Waals surface area contributed by atoms with Gasteiger partial charge in [-0.3, -0.25) is 4.79 Å². The van der Waals surface area contributed by atoms with Crippen molar-refractivity contribution in [2.45, 2.75) is 37.3 Å². The second-order valence-corrected chi connectivity index (χ2v) is 9.18. The second kappa shape index (κ2) is 9.53. The number of rotatable bonds is 3. The molecule has 1 aromatic carbocycles. The highest BCUT2D eigenvalue weighted by molar-refractivity contribution is 5.98. The first-order chi connectivity index (χ1) is 17.2. The summed E-state index contributed by atoms with van der Waals surface area (Å²) in [5, 5.41) is 2.71. The van der Waals surface area contributed by atoms with E-state index in [2.05, 4.69) is 10.1 Å². The first-order valence-electron chi connectivity index (χ1n) is 11.8. The molecule has 11 heteroatoms. The van der Waals surface area contributed by atoms with Gasteiger partial charge in [0.1, 0.15) is 11.9 Å². The van der Waals surface area contributed by atoms with Gasteiger partial charge in [0.15, 0.2) is 0 Å². The Morgan fingerprint density at radius 1 is 1.06 bits per heavy atom. The molecule has 3 amide bonds. The van der Waals surface area contributed by atoms with Crippen LogP contribution in [0.2, 0.25) is 0 Å². The van der Waals surface area contributed by atoms with Gasteiger partial charge < -0.3 is 29.3 Å². The Morgan fingerprint density at radius 3 is 2.53 bits per heavy atom. The lowest BCUT2D eigenvalue weighted by molar-refractivity contribution is -0.274. The SMILES string of the molecule is O=C(Nc1ccc(OC(F)(F)F)cc1)N1CCOC2(CCN(C(=O)C3=C4C=COC4CC=C3)CC2)C1. The van der Waals surface area contributed by atoms with E-state index in [0.717, 1.165) is 24.1 Å². The van der Waals surface area contributed by atoms with Crippen molar-refractivity contribution >= 4 is 17.6 Å². The smallest absolute Gasteiger partial charge is 0.493 e. The number of hydrogen-bond donors (Lipinski definition) is 1. The molecule has 5 rings (SSSR count). The molecule has 0 bridgehead atoms. The number of anilines is 1. The van der Waals surface area contributed by atoms with Gasteiger partial charge in [-0.15, -0.1) is 13.2 Å². The third kappa shape index (κ3) is 5.20. The number of carbonyl (C=O) groups is 2. The Balaban J connectivity index is 1.17. The third-order valence-corrected chi connectivity index (χ3v) is 6.85. The van der Waals surface area contributed by atoms with Gasteiger partial charge in [0.2, 0.25) is 0 Å². The van der Waals surface area contributed by atoms with Crippen molar-refractivity contribution in [3.05, 3.63) is 59.9 Å². The number of halogens is 3. The molecular formula is C25H26F3N3O5. The summed E-state index contributed by atoms with van der Waals surface area (Å²) < 4.78 is 52.5. The molecule has 192 valence electrons. The number of nitrogens with zero attached hydrogens (tertiary/aromatic N) is 2. The molecule has 1 aliphatic carbocycles. The van der Waals surface area contributed by atoms with Crippen molar-refractivity contribution in [2.75, 3.05) is 38.1 Å². The summed E-state index contributed by atoms with van der Waals surface area (Å²) in [6.45, 7) is 2.13. The van der Waals surface area contributed by atoms with Crippen LogP contribution in [0.1, 0.15) is 19.3 Å². The van der Waals surface area contributed by atoms with E-state index < -0.39 is 12.0 Å². The zero-order chi connectivity index (χ0) is 25.3. The Labute approximate surface area is 206 Å². The maximum Gasteiger partial charge on any atom is 0.573 e. The Bertz CT molecular complexity index is 1100. The van der Waals surface area contributed by atoms with E-state index >= 15 is 0 Å². The second-order valence-electron chi connectivity index (χ2n) is 9.18. The Morgan fingerprint density at radius 2 is 1.81 bits per heavy atom. The molecule has 0 radical (unpaired) electrons. The molecule has 2 fully saturated rings. The van der Waals surface area contributed by atoms with Gasteiger partial charge in [-0.1, -0.05) is 12.2 Å². The van der Waals surface area contributed by atoms with Crippen LogP contribution in [0, 0.1) is 0 Å². The molecule has 36 heavy (non-hydrogen) atoms. The maximum atomic E-state index is 13.2. The summed E-state index contributed by atoms with van der Waals surface area (Å²) in [5.41, 5.74) is 1.38. The minimum absolute atomic E-state index is 0.0284. The highest BCUT2D eigenvalue weighted by Gasteiger charge is 2.42. The monoisotopic (exact) mass is 505 g/mol. The lowest BCUT2D eigenvalue weighted by Crippen LogP contribution is -2.59. The summed E-state index contributed by atoms with van der Waals surface area (Å²) in [6, 6.07) is 4.63. The number of morpholine rings is 1. The fourth-order valence-electron chi connectivity index (χ4n) is 4.99. The predicted molar refractivity (Wildman–Crippen MR) is 123 cm³/mol. The maximum absolute atomic E-state index is 13.2. The summed E-state index contributed by atoms with van der Waals surface area (Å²) in [4.78, 5) is 29.5. The van der Waals surface area contributed by atoms with Gasteiger partial charge >= 0.3 is 12.4 Å². The normalized spacial score (nSPS) is 22.9. The standard InChI is InChI=1S/C25H26F3N3O5/c26-25(27,28)36-18-6-4-17(5-7-18)29-23(33)31-13-15-35-24(16-31)9-11-30(12-10-24)22(32)20-2-1-3-21-19(20)8-14-34-21/h1-2,4-8,14,21H,3,9-13,15-16H2,(H,29,33). The molecule has 8 nitrogen and oxygen atoms in total. The van der Waals surface area contributed by atoms with Crippen LogP contribution in [0.4, 0.5) is 23.7 Å². The molecule has 1 aromatic rings. The number of likely N-dealkylation sites (tertiary alicyclic amines) is 1. The molecule has 1 N–H and O–H groups in total. The van der Waals surface area contributed by atoms with Crippen LogP contribution in [0.3, 0.4) is 0 Å². The number of fused-ring (bicyclic) bond motifs is 1. The Kier molecular flexibility index (Phi) is 6.42. The van der Waals surface area contributed by atoms with Crippen LogP contribution in [-0.2, 0) is 14.3 Å². The van der Waals surface area contributed by atoms with E-state index in [4.69, 9.17) is 9.47 Å². The first kappa shape index (κ1) is 24.2. The molecule has 3 aliphatic heterocycles. The fraction of sp³-hybridized carbons (Fsp3) is 0.440. The molecule has 0 saturated carbocycles. The molecule has 1 atom stereocenters. The summed E-state index contributed by atoms with van der Waals surface area (Å²) in [5.74, 6) is -0.390. The molecule has 1 unspecified atom stereocenters. The highest BCUT2D eigenvalue weighted by Crippen LogP contribution is 2.34. The topological polar surface area (TPSA) is 80.3 Å². The number of hydrogen-bond acceptors (Lipinski definition) is 5. The zero-order valence-electron chi connectivity index (χ0n) is 19.4. The number of nitrogens with one attached hydrogen (secondary N) is 1. The lowest BCUT2D eigenvalue weighted by Gasteiger charge is -2.47. The predicted octanol–water partition coefficient (Wildman–Crippen LogP) is 3.98. The van der Waals surface area contributed by atoms with Crippen LogP contribution >= 0.6 is 0 Å². The first-order valence-corrected chi connectivity index (χ1v) is 11.8. The minimum atomic E-state index is -4.78. The van der Waals surface area contributed by atoms with Crippen molar-refractivity contribution in [1.82, 2.24) is 9.80 Å². The molecule has 0 aromatic heterocycles. The highest BCUT2D eigenvalue weighted by atomic mass is 19.4. The number of urea groups is 1. The van der Waals surface area contributed by atoms with E-state index in [-0.39, 0.29) is 23.8 Å². The van der Waals surface area contributed by atoms with Gasteiger partial charge in [-0.2, -0.15) is 0 Å². The summed E-state index contributed by atoms with van der Waals surface area (Å²) in [7, 11) is 0. The van der Waals surface area contributed by atoms with E-state index in [1.807, 2.05) is 23.1 Å². The quantitative estimate of drug-likeness (QED) is 0.673. The van der Waals surface area contributed by atoms with E-state index in [1.54, 1.807) is 11.2 Å². The zero-order valence-corrected chi connectivity index (χ0v) is 19.4. The van der Waals surface area contributed by atoms with Crippen LogP contribution in [0.5, 0.6) is 5.75 Å². The average Bonchev–Trinajstić information content (AvgIpc) is 3.34. The van der Waals surface area contributed by atoms with Crippen molar-refractivity contribution in [2.24, 2.45) is 0 Å². The number of ether oxygens (including phenoxy) is 3. The van der Waals surface area contributed by atoms with Crippen LogP contribution in [0.25, 0.3) is 0 Å². The van der Waals surface area contributed by atoms with Gasteiger partial charge in [-0.05, 0) is 43.2 Å². The summed E-state index contributed by atoms with van der Waals surface area (Å²) in [6.07, 6.45) is 4.37. The number of amides is 3. The molecule has 2 saturated heterocycles. The van der Waals surface area contributed by atoms with Gasteiger partial charge in [0.05, 0.1) is 25.0 Å². The third-order valence-electron chi connectivity index (χ3n) is 6.85. The lowest BCUT2D eigenvalue weighted by atomic mass is 9.88. The van der Waals surface area contributed by atoms with Gasteiger partial charge in [-0.25, -0.2) is 4.79 Å². The van der Waals surface area contributed by atoms with Crippen LogP contribution < -0.4 is 10.1 Å². The minimum Gasteiger partial charge on any atom is -0.493 e. The fourth-order valence-corrected chi connectivity index (χ4v) is 4.99. The number of alkyl halides is 3. The van der Waals surface area contributed by atoms with Crippen molar-refractivity contribution < 1.29 is 37.0 Å². The molecular weight excluding hydrogens is 479 g/mol. The average molecular weight is 505 g/mol. The van der Waals surface area contributed by atoms with Crippen LogP contribution in [0.15, 0.2) is 59.9 Å². The van der Waals surface area contributed by atoms with Gasteiger partial charge in [0, 0.05) is 42.9 Å². The van der Waals surface area contributed by atoms with E-state index in [1.165, 1.54) is 12.1 Å². The summed E-state index contributed by atoms with van der Waals surface area (Å²) >= 11 is 0. The van der Waals surface area contributed by atoms with E-state index in [9.17, 15) is 22.8 Å². The Hall–Kier alpha value is -3.47. The van der Waals surface area contributed by atoms with Crippen molar-refractivity contribution in [1.29, 1.82) is 0 Å². The van der Waals surface area contributed by atoms with Crippen molar-refractivity contribution in [3.63, 3.8) is 0 Å². The number of carbonyl (C=O) groups excluding carboxylic acids is 2. The van der Waals surface area contributed by atoms with Crippen molar-refractivity contribution in [3.8, 4) is 5.75 Å². The largest absolute Gasteiger partial charge is 0.573 e.